The van der Waals surface area contributed by atoms with Crippen molar-refractivity contribution in [2.45, 2.75) is 38.2 Å². The van der Waals surface area contributed by atoms with Gasteiger partial charge in [-0.2, -0.15) is 0 Å². The fraction of sp³-hybridized carbons (Fsp3) is 0.533. The van der Waals surface area contributed by atoms with Crippen LogP contribution in [-0.4, -0.2) is 35.1 Å². The smallest absolute Gasteiger partial charge is 0.232 e. The number of nitrogens with zero attached hydrogens (tertiary/aromatic N) is 1. The standard InChI is InChI=1S/C15H20BrNO2/c1-15(2,11-5-3-6-12(16)9-11)14(19)17-8-4-7-13(18)10-17/h3,5-6,9,13,18H,4,7-8,10H2,1-2H3. The summed E-state index contributed by atoms with van der Waals surface area (Å²) in [6.45, 7) is 5.08. The highest BCUT2D eigenvalue weighted by Crippen LogP contribution is 2.29. The van der Waals surface area contributed by atoms with Crippen molar-refractivity contribution < 1.29 is 9.90 Å². The zero-order valence-electron chi connectivity index (χ0n) is 11.4. The average molecular weight is 326 g/mol. The van der Waals surface area contributed by atoms with E-state index in [0.29, 0.717) is 6.54 Å². The molecule has 0 spiro atoms. The SMILES string of the molecule is CC(C)(C(=O)N1CCCC(O)C1)c1cccc(Br)c1. The first-order valence-electron chi connectivity index (χ1n) is 6.65. The Balaban J connectivity index is 2.21. The molecule has 4 heteroatoms. The minimum Gasteiger partial charge on any atom is -0.391 e. The highest BCUT2D eigenvalue weighted by Gasteiger charge is 2.35. The number of rotatable bonds is 2. The first-order valence-corrected chi connectivity index (χ1v) is 7.44. The van der Waals surface area contributed by atoms with Crippen LogP contribution in [0, 0.1) is 0 Å². The van der Waals surface area contributed by atoms with Gasteiger partial charge in [0.2, 0.25) is 5.91 Å². The monoisotopic (exact) mass is 325 g/mol. The predicted octanol–water partition coefficient (Wildman–Crippen LogP) is 2.71. The summed E-state index contributed by atoms with van der Waals surface area (Å²) in [6, 6.07) is 7.86. The molecule has 1 aromatic carbocycles. The lowest BCUT2D eigenvalue weighted by atomic mass is 9.82. The number of carbonyl (C=O) groups excluding carboxylic acids is 1. The number of aliphatic hydroxyl groups is 1. The first-order chi connectivity index (χ1) is 8.91. The number of piperidine rings is 1. The van der Waals surface area contributed by atoms with E-state index in [1.807, 2.05) is 38.1 Å². The molecule has 1 heterocycles. The molecule has 0 saturated carbocycles. The number of β-amino-alcohol motifs (C(OH)–C–C–N with tert-alkyl or cyclic N) is 1. The van der Waals surface area contributed by atoms with Crippen LogP contribution in [-0.2, 0) is 10.2 Å². The van der Waals surface area contributed by atoms with Crippen LogP contribution in [0.4, 0.5) is 0 Å². The Kier molecular flexibility index (Phi) is 4.31. The van der Waals surface area contributed by atoms with Gasteiger partial charge < -0.3 is 10.0 Å². The Hall–Kier alpha value is -0.870. The largest absolute Gasteiger partial charge is 0.391 e. The molecule has 1 fully saturated rings. The van der Waals surface area contributed by atoms with E-state index in [-0.39, 0.29) is 12.0 Å². The minimum atomic E-state index is -0.569. The molecule has 0 aliphatic carbocycles. The van der Waals surface area contributed by atoms with Gasteiger partial charge in [-0.25, -0.2) is 0 Å². The van der Waals surface area contributed by atoms with Gasteiger partial charge in [0.05, 0.1) is 11.5 Å². The van der Waals surface area contributed by atoms with Gasteiger partial charge in [0.1, 0.15) is 0 Å². The van der Waals surface area contributed by atoms with E-state index in [4.69, 9.17) is 0 Å². The van der Waals surface area contributed by atoms with Crippen LogP contribution in [0.3, 0.4) is 0 Å². The van der Waals surface area contributed by atoms with Crippen LogP contribution < -0.4 is 0 Å². The lowest BCUT2D eigenvalue weighted by Gasteiger charge is -2.36. The van der Waals surface area contributed by atoms with Crippen LogP contribution in [0.1, 0.15) is 32.3 Å². The molecule has 1 saturated heterocycles. The Morgan fingerprint density at radius 3 is 2.84 bits per heavy atom. The topological polar surface area (TPSA) is 40.5 Å². The number of benzene rings is 1. The minimum absolute atomic E-state index is 0.0874. The molecule has 19 heavy (non-hydrogen) atoms. The zero-order valence-corrected chi connectivity index (χ0v) is 13.0. The van der Waals surface area contributed by atoms with E-state index in [1.54, 1.807) is 4.90 Å². The first kappa shape index (κ1) is 14.5. The van der Waals surface area contributed by atoms with E-state index < -0.39 is 5.41 Å². The van der Waals surface area contributed by atoms with Crippen molar-refractivity contribution in [2.24, 2.45) is 0 Å². The Labute approximate surface area is 122 Å². The summed E-state index contributed by atoms with van der Waals surface area (Å²) in [5, 5.41) is 9.71. The highest BCUT2D eigenvalue weighted by atomic mass is 79.9. The molecule has 3 nitrogen and oxygen atoms in total. The number of amides is 1. The van der Waals surface area contributed by atoms with E-state index in [1.165, 1.54) is 0 Å². The molecule has 104 valence electrons. The van der Waals surface area contributed by atoms with Crippen molar-refractivity contribution in [3.8, 4) is 0 Å². The number of carbonyl (C=O) groups is 1. The Morgan fingerprint density at radius 1 is 1.47 bits per heavy atom. The molecule has 0 bridgehead atoms. The second kappa shape index (κ2) is 5.63. The molecule has 1 unspecified atom stereocenters. The van der Waals surface area contributed by atoms with Crippen LogP contribution in [0.15, 0.2) is 28.7 Å². The fourth-order valence-electron chi connectivity index (χ4n) is 2.54. The van der Waals surface area contributed by atoms with Gasteiger partial charge in [-0.15, -0.1) is 0 Å². The summed E-state index contributed by atoms with van der Waals surface area (Å²) in [6.07, 6.45) is 1.29. The average Bonchev–Trinajstić information content (AvgIpc) is 2.38. The molecule has 1 amide bonds. The highest BCUT2D eigenvalue weighted by molar-refractivity contribution is 9.10. The summed E-state index contributed by atoms with van der Waals surface area (Å²) in [5.74, 6) is 0.0874. The second-order valence-electron chi connectivity index (χ2n) is 5.68. The molecular formula is C15H20BrNO2. The summed E-state index contributed by atoms with van der Waals surface area (Å²) < 4.78 is 0.976. The van der Waals surface area contributed by atoms with E-state index in [9.17, 15) is 9.90 Å². The number of aliphatic hydroxyl groups excluding tert-OH is 1. The molecule has 1 aliphatic heterocycles. The summed E-state index contributed by atoms with van der Waals surface area (Å²) >= 11 is 3.44. The Bertz CT molecular complexity index is 473. The molecule has 1 aliphatic rings. The lowest BCUT2D eigenvalue weighted by Crippen LogP contribution is -2.49. The quantitative estimate of drug-likeness (QED) is 0.908. The summed E-state index contributed by atoms with van der Waals surface area (Å²) in [5.41, 5.74) is 0.424. The van der Waals surface area contributed by atoms with Gasteiger partial charge in [0, 0.05) is 17.6 Å². The third-order valence-electron chi connectivity index (χ3n) is 3.76. The van der Waals surface area contributed by atoms with Crippen molar-refractivity contribution in [3.63, 3.8) is 0 Å². The number of hydrogen-bond donors (Lipinski definition) is 1. The predicted molar refractivity (Wildman–Crippen MR) is 79.0 cm³/mol. The molecule has 2 rings (SSSR count). The van der Waals surface area contributed by atoms with Crippen LogP contribution in [0.2, 0.25) is 0 Å². The third-order valence-corrected chi connectivity index (χ3v) is 4.26. The molecule has 0 aromatic heterocycles. The maximum atomic E-state index is 12.7. The molecule has 1 aromatic rings. The van der Waals surface area contributed by atoms with E-state index in [2.05, 4.69) is 15.9 Å². The van der Waals surface area contributed by atoms with E-state index >= 15 is 0 Å². The van der Waals surface area contributed by atoms with Gasteiger partial charge >= 0.3 is 0 Å². The Morgan fingerprint density at radius 2 is 2.21 bits per heavy atom. The van der Waals surface area contributed by atoms with Crippen LogP contribution >= 0.6 is 15.9 Å². The van der Waals surface area contributed by atoms with Crippen molar-refractivity contribution in [3.05, 3.63) is 34.3 Å². The number of hydrogen-bond acceptors (Lipinski definition) is 2. The van der Waals surface area contributed by atoms with Crippen LogP contribution in [0.25, 0.3) is 0 Å². The van der Waals surface area contributed by atoms with Gasteiger partial charge in [-0.3, -0.25) is 4.79 Å². The number of halogens is 1. The van der Waals surface area contributed by atoms with Gasteiger partial charge in [-0.05, 0) is 44.4 Å². The zero-order chi connectivity index (χ0) is 14.0. The maximum Gasteiger partial charge on any atom is 0.232 e. The normalized spacial score (nSPS) is 20.4. The number of likely N-dealkylation sites (tertiary alicyclic amines) is 1. The molecule has 1 atom stereocenters. The molecule has 1 N–H and O–H groups in total. The van der Waals surface area contributed by atoms with Crippen LogP contribution in [0.5, 0.6) is 0 Å². The lowest BCUT2D eigenvalue weighted by molar-refractivity contribution is -0.139. The fourth-order valence-corrected chi connectivity index (χ4v) is 2.93. The molecular weight excluding hydrogens is 306 g/mol. The summed E-state index contributed by atoms with van der Waals surface area (Å²) in [4.78, 5) is 14.5. The maximum absolute atomic E-state index is 12.7. The van der Waals surface area contributed by atoms with E-state index in [0.717, 1.165) is 29.4 Å². The summed E-state index contributed by atoms with van der Waals surface area (Å²) in [7, 11) is 0. The van der Waals surface area contributed by atoms with Crippen molar-refractivity contribution in [1.29, 1.82) is 0 Å². The second-order valence-corrected chi connectivity index (χ2v) is 6.60. The van der Waals surface area contributed by atoms with Crippen molar-refractivity contribution in [2.75, 3.05) is 13.1 Å². The van der Waals surface area contributed by atoms with Crippen molar-refractivity contribution in [1.82, 2.24) is 4.90 Å². The van der Waals surface area contributed by atoms with Crippen molar-refractivity contribution >= 4 is 21.8 Å². The van der Waals surface area contributed by atoms with Gasteiger partial charge in [0.25, 0.3) is 0 Å². The van der Waals surface area contributed by atoms with Gasteiger partial charge in [-0.1, -0.05) is 28.1 Å². The van der Waals surface area contributed by atoms with Gasteiger partial charge in [0.15, 0.2) is 0 Å². The molecule has 0 radical (unpaired) electrons. The third kappa shape index (κ3) is 3.18.